The predicted octanol–water partition coefficient (Wildman–Crippen LogP) is 2.73. The Morgan fingerprint density at radius 3 is 2.70 bits per heavy atom. The zero-order valence-electron chi connectivity index (χ0n) is 16.6. The zero-order chi connectivity index (χ0) is 22.1. The maximum absolute atomic E-state index is 12.9. The Morgan fingerprint density at radius 2 is 2.10 bits per heavy atom. The molecule has 1 saturated heterocycles. The molecule has 1 aromatic carbocycles. The second-order valence-corrected chi connectivity index (χ2v) is 11.6. The Bertz CT molecular complexity index is 1040. The number of carbonyl (C=O) groups excluding carboxylic acids is 1. The first-order valence-corrected chi connectivity index (χ1v) is 12.9. The van der Waals surface area contributed by atoms with Gasteiger partial charge in [0, 0.05) is 23.2 Å². The SMILES string of the molecule is CC(C)CN(C(=O)CSc1nnc(-c2ccc(Cl)cc2Cl)n1N)C1CCS(=O)(=O)C1. The topological polar surface area (TPSA) is 111 Å². The van der Waals surface area contributed by atoms with Gasteiger partial charge in [-0.3, -0.25) is 4.79 Å². The van der Waals surface area contributed by atoms with Crippen molar-refractivity contribution >= 4 is 50.7 Å². The van der Waals surface area contributed by atoms with Gasteiger partial charge >= 0.3 is 0 Å². The van der Waals surface area contributed by atoms with E-state index in [-0.39, 0.29) is 35.1 Å². The average molecular weight is 492 g/mol. The molecule has 0 bridgehead atoms. The highest BCUT2D eigenvalue weighted by Crippen LogP contribution is 2.30. The zero-order valence-corrected chi connectivity index (χ0v) is 19.7. The van der Waals surface area contributed by atoms with Crippen LogP contribution in [0.25, 0.3) is 11.4 Å². The molecule has 8 nitrogen and oxygen atoms in total. The number of nitrogens with zero attached hydrogens (tertiary/aromatic N) is 4. The summed E-state index contributed by atoms with van der Waals surface area (Å²) in [5, 5.41) is 9.38. The van der Waals surface area contributed by atoms with Crippen LogP contribution in [0, 0.1) is 5.92 Å². The van der Waals surface area contributed by atoms with Crippen LogP contribution in [0.1, 0.15) is 20.3 Å². The van der Waals surface area contributed by atoms with Crippen molar-refractivity contribution < 1.29 is 13.2 Å². The Kier molecular flexibility index (Phi) is 7.21. The second-order valence-electron chi connectivity index (χ2n) is 7.59. The number of nitrogens with two attached hydrogens (primary N) is 1. The minimum atomic E-state index is -3.09. The molecule has 2 aromatic rings. The van der Waals surface area contributed by atoms with Crippen LogP contribution in [-0.4, -0.2) is 63.9 Å². The fraction of sp³-hybridized carbons (Fsp3) is 0.500. The Hall–Kier alpha value is -1.49. The van der Waals surface area contributed by atoms with Crippen LogP contribution < -0.4 is 5.84 Å². The number of halogens is 2. The van der Waals surface area contributed by atoms with Crippen molar-refractivity contribution in [1.29, 1.82) is 0 Å². The summed E-state index contributed by atoms with van der Waals surface area (Å²) in [4.78, 5) is 14.6. The Balaban J connectivity index is 1.72. The first-order chi connectivity index (χ1) is 14.1. The number of hydrogen-bond donors (Lipinski definition) is 1. The lowest BCUT2D eigenvalue weighted by molar-refractivity contribution is -0.130. The smallest absolute Gasteiger partial charge is 0.233 e. The molecular formula is C18H23Cl2N5O3S2. The van der Waals surface area contributed by atoms with E-state index in [4.69, 9.17) is 29.0 Å². The molecule has 0 spiro atoms. The fourth-order valence-corrected chi connectivity index (χ4v) is 6.27. The molecule has 1 aromatic heterocycles. The highest BCUT2D eigenvalue weighted by molar-refractivity contribution is 7.99. The van der Waals surface area contributed by atoms with Gasteiger partial charge in [0.2, 0.25) is 11.1 Å². The molecule has 164 valence electrons. The highest BCUT2D eigenvalue weighted by Gasteiger charge is 2.35. The number of hydrogen-bond acceptors (Lipinski definition) is 7. The van der Waals surface area contributed by atoms with E-state index in [2.05, 4.69) is 10.2 Å². The molecule has 12 heteroatoms. The van der Waals surface area contributed by atoms with E-state index < -0.39 is 9.84 Å². The van der Waals surface area contributed by atoms with Gasteiger partial charge in [-0.2, -0.15) is 0 Å². The predicted molar refractivity (Wildman–Crippen MR) is 120 cm³/mol. The molecule has 0 saturated carbocycles. The number of rotatable bonds is 7. The van der Waals surface area contributed by atoms with Gasteiger partial charge in [-0.25, -0.2) is 13.1 Å². The largest absolute Gasteiger partial charge is 0.338 e. The van der Waals surface area contributed by atoms with Gasteiger partial charge in [-0.1, -0.05) is 48.8 Å². The van der Waals surface area contributed by atoms with Crippen LogP contribution in [-0.2, 0) is 14.6 Å². The summed E-state index contributed by atoms with van der Waals surface area (Å²) in [6, 6.07) is 4.67. The number of aromatic nitrogens is 3. The van der Waals surface area contributed by atoms with Gasteiger partial charge in [-0.05, 0) is 30.5 Å². The van der Waals surface area contributed by atoms with Gasteiger partial charge in [0.25, 0.3) is 0 Å². The van der Waals surface area contributed by atoms with E-state index in [1.807, 2.05) is 13.8 Å². The van der Waals surface area contributed by atoms with Gasteiger partial charge in [-0.15, -0.1) is 10.2 Å². The molecule has 3 rings (SSSR count). The van der Waals surface area contributed by atoms with Crippen LogP contribution in [0.5, 0.6) is 0 Å². The third kappa shape index (κ3) is 5.40. The molecule has 1 unspecified atom stereocenters. The van der Waals surface area contributed by atoms with E-state index in [1.165, 1.54) is 4.68 Å². The number of amides is 1. The van der Waals surface area contributed by atoms with E-state index in [1.54, 1.807) is 23.1 Å². The lowest BCUT2D eigenvalue weighted by Crippen LogP contribution is -2.44. The quantitative estimate of drug-likeness (QED) is 0.467. The standard InChI is InChI=1S/C18H23Cl2N5O3S2/c1-11(2)8-24(13-5-6-30(27,28)10-13)16(26)9-29-18-23-22-17(25(18)21)14-4-3-12(19)7-15(14)20/h3-4,7,11,13H,5-6,8-10,21H2,1-2H3. The van der Waals surface area contributed by atoms with Gasteiger partial charge < -0.3 is 10.7 Å². The van der Waals surface area contributed by atoms with Crippen LogP contribution in [0.2, 0.25) is 10.0 Å². The maximum Gasteiger partial charge on any atom is 0.233 e. The third-order valence-corrected chi connectivity index (χ3v) is 7.92. The number of sulfone groups is 1. The summed E-state index contributed by atoms with van der Waals surface area (Å²) < 4.78 is 25.0. The summed E-state index contributed by atoms with van der Waals surface area (Å²) in [5.41, 5.74) is 0.576. The molecule has 2 N–H and O–H groups in total. The van der Waals surface area contributed by atoms with E-state index in [0.29, 0.717) is 39.6 Å². The van der Waals surface area contributed by atoms with Crippen molar-refractivity contribution in [3.05, 3.63) is 28.2 Å². The minimum absolute atomic E-state index is 0.0163. The highest BCUT2D eigenvalue weighted by atomic mass is 35.5. The normalized spacial score (nSPS) is 18.1. The van der Waals surface area contributed by atoms with E-state index in [9.17, 15) is 13.2 Å². The summed E-state index contributed by atoms with van der Waals surface area (Å²) in [7, 11) is -3.09. The van der Waals surface area contributed by atoms with Crippen molar-refractivity contribution in [3.8, 4) is 11.4 Å². The first-order valence-electron chi connectivity index (χ1n) is 9.36. The Morgan fingerprint density at radius 1 is 1.37 bits per heavy atom. The van der Waals surface area contributed by atoms with Crippen LogP contribution in [0.15, 0.2) is 23.4 Å². The van der Waals surface area contributed by atoms with Crippen LogP contribution >= 0.6 is 35.0 Å². The van der Waals surface area contributed by atoms with E-state index in [0.717, 1.165) is 11.8 Å². The summed E-state index contributed by atoms with van der Waals surface area (Å²) in [5.74, 6) is 6.76. The molecule has 0 aliphatic carbocycles. The Labute approximate surface area is 190 Å². The maximum atomic E-state index is 12.9. The molecule has 2 heterocycles. The molecule has 1 amide bonds. The minimum Gasteiger partial charge on any atom is -0.338 e. The van der Waals surface area contributed by atoms with Gasteiger partial charge in [0.15, 0.2) is 15.7 Å². The van der Waals surface area contributed by atoms with Crippen molar-refractivity contribution in [3.63, 3.8) is 0 Å². The molecule has 0 radical (unpaired) electrons. The molecule has 30 heavy (non-hydrogen) atoms. The molecule has 1 fully saturated rings. The summed E-state index contributed by atoms with van der Waals surface area (Å²) >= 11 is 13.3. The molecule has 1 aliphatic rings. The molecule has 1 aliphatic heterocycles. The van der Waals surface area contributed by atoms with E-state index >= 15 is 0 Å². The summed E-state index contributed by atoms with van der Waals surface area (Å²) in [6.07, 6.45) is 0.470. The van der Waals surface area contributed by atoms with Crippen molar-refractivity contribution in [2.75, 3.05) is 29.6 Å². The third-order valence-electron chi connectivity index (χ3n) is 4.69. The lowest BCUT2D eigenvalue weighted by Gasteiger charge is -2.29. The molecular weight excluding hydrogens is 469 g/mol. The van der Waals surface area contributed by atoms with Crippen molar-refractivity contribution in [2.24, 2.45) is 5.92 Å². The monoisotopic (exact) mass is 491 g/mol. The second kappa shape index (κ2) is 9.33. The van der Waals surface area contributed by atoms with Crippen LogP contribution in [0.3, 0.4) is 0 Å². The van der Waals surface area contributed by atoms with Crippen molar-refractivity contribution in [2.45, 2.75) is 31.5 Å². The number of benzene rings is 1. The number of thioether (sulfide) groups is 1. The number of nitrogen functional groups attached to an aromatic ring is 1. The van der Waals surface area contributed by atoms with Gasteiger partial charge in [0.1, 0.15) is 0 Å². The first kappa shape index (κ1) is 23.2. The van der Waals surface area contributed by atoms with Gasteiger partial charge in [0.05, 0.1) is 22.3 Å². The molecule has 1 atom stereocenters. The van der Waals surface area contributed by atoms with Crippen LogP contribution in [0.4, 0.5) is 0 Å². The summed E-state index contributed by atoms with van der Waals surface area (Å²) in [6.45, 7) is 4.49. The van der Waals surface area contributed by atoms with Crippen molar-refractivity contribution in [1.82, 2.24) is 19.8 Å². The fourth-order valence-electron chi connectivity index (χ4n) is 3.31. The lowest BCUT2D eigenvalue weighted by atomic mass is 10.1. The average Bonchev–Trinajstić information content (AvgIpc) is 3.20. The number of carbonyl (C=O) groups is 1.